The van der Waals surface area contributed by atoms with Gasteiger partial charge in [0.25, 0.3) is 0 Å². The van der Waals surface area contributed by atoms with Gasteiger partial charge in [0.15, 0.2) is 5.96 Å². The van der Waals surface area contributed by atoms with Crippen LogP contribution in [0.2, 0.25) is 0 Å². The molecule has 2 rings (SSSR count). The summed E-state index contributed by atoms with van der Waals surface area (Å²) in [5.74, 6) is 2.05. The maximum atomic E-state index is 5.93. The van der Waals surface area contributed by atoms with E-state index in [2.05, 4.69) is 41.4 Å². The Kier molecular flexibility index (Phi) is 10.1. The molecule has 1 aromatic heterocycles. The maximum absolute atomic E-state index is 5.93. The summed E-state index contributed by atoms with van der Waals surface area (Å²) in [5, 5.41) is 6.64. The summed E-state index contributed by atoms with van der Waals surface area (Å²) >= 11 is 0. The lowest BCUT2D eigenvalue weighted by atomic mass is 10.1. The molecule has 0 spiro atoms. The predicted molar refractivity (Wildman–Crippen MR) is 112 cm³/mol. The number of aliphatic imine (C=N–C) groups is 1. The van der Waals surface area contributed by atoms with E-state index in [1.54, 1.807) is 13.2 Å². The van der Waals surface area contributed by atoms with Crippen molar-refractivity contribution in [2.75, 3.05) is 33.4 Å². The van der Waals surface area contributed by atoms with Crippen LogP contribution in [0.1, 0.15) is 45.6 Å². The lowest BCUT2D eigenvalue weighted by Crippen LogP contribution is -2.37. The average Bonchev–Trinajstić information content (AvgIpc) is 3.17. The van der Waals surface area contributed by atoms with Crippen LogP contribution >= 0.6 is 0 Å². The molecule has 28 heavy (non-hydrogen) atoms. The lowest BCUT2D eigenvalue weighted by Gasteiger charge is -2.16. The third kappa shape index (κ3) is 8.89. The summed E-state index contributed by atoms with van der Waals surface area (Å²) in [6.07, 6.45) is 5.15. The Labute approximate surface area is 169 Å². The molecule has 1 aliphatic heterocycles. The molecule has 1 saturated heterocycles. The number of hydrogen-bond donors (Lipinski definition) is 2. The number of rotatable bonds is 11. The molecule has 7 heteroatoms. The SMILES string of the molecule is CN=C(NCCCOC1CCOC1)NCc1ccnc(OC(C)CC(C)C)c1. The van der Waals surface area contributed by atoms with Crippen molar-refractivity contribution in [2.24, 2.45) is 10.9 Å². The minimum Gasteiger partial charge on any atom is -0.475 e. The van der Waals surface area contributed by atoms with Crippen LogP contribution in [0.15, 0.2) is 23.3 Å². The van der Waals surface area contributed by atoms with Gasteiger partial charge in [0, 0.05) is 45.6 Å². The summed E-state index contributed by atoms with van der Waals surface area (Å²) in [4.78, 5) is 8.59. The minimum absolute atomic E-state index is 0.156. The highest BCUT2D eigenvalue weighted by Crippen LogP contribution is 2.15. The Bertz CT molecular complexity index is 589. The lowest BCUT2D eigenvalue weighted by molar-refractivity contribution is 0.0420. The van der Waals surface area contributed by atoms with Crippen LogP contribution in [0, 0.1) is 5.92 Å². The third-order valence-electron chi connectivity index (χ3n) is 4.46. The number of hydrogen-bond acceptors (Lipinski definition) is 5. The van der Waals surface area contributed by atoms with Gasteiger partial charge in [-0.1, -0.05) is 13.8 Å². The second kappa shape index (κ2) is 12.6. The van der Waals surface area contributed by atoms with Crippen molar-refractivity contribution < 1.29 is 14.2 Å². The molecular formula is C21H36N4O3. The third-order valence-corrected chi connectivity index (χ3v) is 4.46. The largest absolute Gasteiger partial charge is 0.475 e. The van der Waals surface area contributed by atoms with E-state index in [0.717, 1.165) is 57.2 Å². The van der Waals surface area contributed by atoms with E-state index in [0.29, 0.717) is 18.3 Å². The van der Waals surface area contributed by atoms with Crippen molar-refractivity contribution >= 4 is 5.96 Å². The van der Waals surface area contributed by atoms with E-state index < -0.39 is 0 Å². The highest BCUT2D eigenvalue weighted by molar-refractivity contribution is 5.79. The van der Waals surface area contributed by atoms with E-state index in [-0.39, 0.29) is 12.2 Å². The first-order valence-electron chi connectivity index (χ1n) is 10.3. The van der Waals surface area contributed by atoms with E-state index in [4.69, 9.17) is 14.2 Å². The molecule has 0 saturated carbocycles. The van der Waals surface area contributed by atoms with E-state index >= 15 is 0 Å². The summed E-state index contributed by atoms with van der Waals surface area (Å²) in [6, 6.07) is 3.96. The van der Waals surface area contributed by atoms with Crippen molar-refractivity contribution in [1.82, 2.24) is 15.6 Å². The molecule has 0 aromatic carbocycles. The first-order valence-corrected chi connectivity index (χ1v) is 10.3. The molecule has 2 heterocycles. The van der Waals surface area contributed by atoms with E-state index in [9.17, 15) is 0 Å². The van der Waals surface area contributed by atoms with Crippen LogP contribution in [0.5, 0.6) is 5.88 Å². The van der Waals surface area contributed by atoms with Gasteiger partial charge in [0.05, 0.1) is 18.8 Å². The van der Waals surface area contributed by atoms with Gasteiger partial charge in [0.2, 0.25) is 5.88 Å². The maximum Gasteiger partial charge on any atom is 0.213 e. The van der Waals surface area contributed by atoms with Crippen molar-refractivity contribution in [3.63, 3.8) is 0 Å². The summed E-state index contributed by atoms with van der Waals surface area (Å²) in [6.45, 7) is 10.2. The van der Waals surface area contributed by atoms with Gasteiger partial charge in [-0.2, -0.15) is 0 Å². The van der Waals surface area contributed by atoms with Crippen LogP contribution in [0.25, 0.3) is 0 Å². The van der Waals surface area contributed by atoms with Crippen molar-refractivity contribution in [3.8, 4) is 5.88 Å². The van der Waals surface area contributed by atoms with Crippen LogP contribution in [0.3, 0.4) is 0 Å². The highest BCUT2D eigenvalue weighted by Gasteiger charge is 2.15. The Balaban J connectivity index is 1.67. The normalized spacial score (nSPS) is 18.3. The van der Waals surface area contributed by atoms with Gasteiger partial charge in [-0.3, -0.25) is 4.99 Å². The molecule has 0 amide bonds. The number of nitrogens with one attached hydrogen (secondary N) is 2. The fourth-order valence-electron chi connectivity index (χ4n) is 3.12. The van der Waals surface area contributed by atoms with Crippen LogP contribution in [-0.2, 0) is 16.0 Å². The molecule has 0 radical (unpaired) electrons. The number of nitrogens with zero attached hydrogens (tertiary/aromatic N) is 2. The highest BCUT2D eigenvalue weighted by atomic mass is 16.5. The molecule has 158 valence electrons. The quantitative estimate of drug-likeness (QED) is 0.343. The van der Waals surface area contributed by atoms with E-state index in [1.807, 2.05) is 12.1 Å². The van der Waals surface area contributed by atoms with Crippen LogP contribution < -0.4 is 15.4 Å². The summed E-state index contributed by atoms with van der Waals surface area (Å²) in [7, 11) is 1.77. The Morgan fingerprint density at radius 1 is 1.36 bits per heavy atom. The zero-order valence-corrected chi connectivity index (χ0v) is 17.7. The van der Waals surface area contributed by atoms with Crippen molar-refractivity contribution in [2.45, 2.75) is 58.8 Å². The van der Waals surface area contributed by atoms with Gasteiger partial charge in [-0.05, 0) is 43.7 Å². The first kappa shape index (κ1) is 22.4. The first-order chi connectivity index (χ1) is 13.6. The van der Waals surface area contributed by atoms with Gasteiger partial charge in [-0.15, -0.1) is 0 Å². The fraction of sp³-hybridized carbons (Fsp3) is 0.714. The molecular weight excluding hydrogens is 356 g/mol. The summed E-state index contributed by atoms with van der Waals surface area (Å²) in [5.41, 5.74) is 1.11. The molecule has 2 unspecified atom stereocenters. The zero-order chi connectivity index (χ0) is 20.2. The molecule has 1 aliphatic rings. The monoisotopic (exact) mass is 392 g/mol. The van der Waals surface area contributed by atoms with Crippen molar-refractivity contribution in [3.05, 3.63) is 23.9 Å². The molecule has 2 N–H and O–H groups in total. The second-order valence-electron chi connectivity index (χ2n) is 7.62. The molecule has 0 bridgehead atoms. The average molecular weight is 393 g/mol. The topological polar surface area (TPSA) is 77.0 Å². The smallest absolute Gasteiger partial charge is 0.213 e. The molecule has 0 aliphatic carbocycles. The number of pyridine rings is 1. The number of aromatic nitrogens is 1. The molecule has 1 fully saturated rings. The second-order valence-corrected chi connectivity index (χ2v) is 7.62. The molecule has 2 atom stereocenters. The fourth-order valence-corrected chi connectivity index (χ4v) is 3.12. The predicted octanol–water partition coefficient (Wildman–Crippen LogP) is 2.76. The Hall–Kier alpha value is -1.86. The standard InChI is InChI=1S/C21H36N4O3/c1-16(2)12-17(3)28-20-13-18(6-9-23-20)14-25-21(22-4)24-8-5-10-27-19-7-11-26-15-19/h6,9,13,16-17,19H,5,7-8,10-12,14-15H2,1-4H3,(H2,22,24,25). The van der Waals surface area contributed by atoms with Crippen molar-refractivity contribution in [1.29, 1.82) is 0 Å². The van der Waals surface area contributed by atoms with Crippen LogP contribution in [0.4, 0.5) is 0 Å². The van der Waals surface area contributed by atoms with Gasteiger partial charge in [-0.25, -0.2) is 4.98 Å². The molecule has 1 aromatic rings. The molecule has 7 nitrogen and oxygen atoms in total. The number of guanidine groups is 1. The van der Waals surface area contributed by atoms with Gasteiger partial charge in [0.1, 0.15) is 0 Å². The number of ether oxygens (including phenoxy) is 3. The zero-order valence-electron chi connectivity index (χ0n) is 17.7. The van der Waals surface area contributed by atoms with E-state index in [1.165, 1.54) is 0 Å². The minimum atomic E-state index is 0.156. The van der Waals surface area contributed by atoms with Crippen LogP contribution in [-0.4, -0.2) is 56.6 Å². The summed E-state index contributed by atoms with van der Waals surface area (Å²) < 4.78 is 17.0. The Morgan fingerprint density at radius 3 is 2.93 bits per heavy atom. The van der Waals surface area contributed by atoms with Gasteiger partial charge >= 0.3 is 0 Å². The Morgan fingerprint density at radius 2 is 2.21 bits per heavy atom. The van der Waals surface area contributed by atoms with Gasteiger partial charge < -0.3 is 24.8 Å².